The number of hydrogen-bond donors (Lipinski definition) is 2. The molecule has 1 aromatic carbocycles. The summed E-state index contributed by atoms with van der Waals surface area (Å²) < 4.78 is 11.5. The van der Waals surface area contributed by atoms with Gasteiger partial charge >= 0.3 is 5.97 Å². The van der Waals surface area contributed by atoms with Crippen LogP contribution in [0.5, 0.6) is 5.75 Å². The molecule has 1 fully saturated rings. The summed E-state index contributed by atoms with van der Waals surface area (Å²) in [5.41, 5.74) is 0.562. The first-order valence-electron chi connectivity index (χ1n) is 9.17. The summed E-state index contributed by atoms with van der Waals surface area (Å²) in [7, 11) is 0. The number of benzene rings is 1. The van der Waals surface area contributed by atoms with Crippen molar-refractivity contribution < 1.29 is 24.2 Å². The molecule has 3 rings (SSSR count). The van der Waals surface area contributed by atoms with Crippen molar-refractivity contribution in [3.05, 3.63) is 36.4 Å². The molecule has 6 nitrogen and oxygen atoms in total. The second-order valence-corrected chi connectivity index (χ2v) is 6.78. The van der Waals surface area contributed by atoms with Crippen molar-refractivity contribution in [1.82, 2.24) is 0 Å². The number of amides is 1. The number of ether oxygens (including phenoxy) is 2. The second kappa shape index (κ2) is 8.85. The summed E-state index contributed by atoms with van der Waals surface area (Å²) in [5, 5.41) is 12.2. The fourth-order valence-electron chi connectivity index (χ4n) is 3.42. The van der Waals surface area contributed by atoms with Crippen molar-refractivity contribution in [3.8, 4) is 5.75 Å². The van der Waals surface area contributed by atoms with Crippen LogP contribution in [-0.2, 0) is 14.3 Å². The van der Waals surface area contributed by atoms with Gasteiger partial charge in [-0.15, -0.1) is 0 Å². The number of carboxylic acid groups (broad SMARTS) is 1. The van der Waals surface area contributed by atoms with Crippen molar-refractivity contribution in [2.75, 3.05) is 18.5 Å². The molecule has 26 heavy (non-hydrogen) atoms. The third-order valence-electron chi connectivity index (χ3n) is 4.93. The minimum atomic E-state index is -0.937. The van der Waals surface area contributed by atoms with E-state index in [1.807, 2.05) is 24.3 Å². The van der Waals surface area contributed by atoms with Gasteiger partial charge < -0.3 is 19.9 Å². The fourth-order valence-corrected chi connectivity index (χ4v) is 3.42. The Morgan fingerprint density at radius 2 is 1.92 bits per heavy atom. The van der Waals surface area contributed by atoms with Gasteiger partial charge in [-0.25, -0.2) is 0 Å². The molecule has 3 atom stereocenters. The van der Waals surface area contributed by atoms with Crippen LogP contribution < -0.4 is 10.1 Å². The maximum atomic E-state index is 12.7. The molecule has 1 aromatic rings. The molecular weight excluding hydrogens is 334 g/mol. The number of hydrogen-bond acceptors (Lipinski definition) is 4. The highest BCUT2D eigenvalue weighted by molar-refractivity contribution is 5.96. The fraction of sp³-hybridized carbons (Fsp3) is 0.500. The van der Waals surface area contributed by atoms with Gasteiger partial charge in [-0.3, -0.25) is 9.59 Å². The van der Waals surface area contributed by atoms with Crippen molar-refractivity contribution >= 4 is 17.6 Å². The quantitative estimate of drug-likeness (QED) is 0.762. The maximum absolute atomic E-state index is 12.7. The summed E-state index contributed by atoms with van der Waals surface area (Å²) in [6.45, 7) is 1.20. The van der Waals surface area contributed by atoms with Gasteiger partial charge in [0.1, 0.15) is 12.4 Å². The van der Waals surface area contributed by atoms with E-state index in [4.69, 9.17) is 9.47 Å². The van der Waals surface area contributed by atoms with Crippen molar-refractivity contribution in [2.45, 2.75) is 38.2 Å². The Morgan fingerprint density at radius 1 is 1.15 bits per heavy atom. The summed E-state index contributed by atoms with van der Waals surface area (Å²) in [4.78, 5) is 24.1. The summed E-state index contributed by atoms with van der Waals surface area (Å²) in [5.74, 6) is -1.91. The summed E-state index contributed by atoms with van der Waals surface area (Å²) in [6.07, 6.45) is 7.78. The van der Waals surface area contributed by atoms with Gasteiger partial charge in [-0.05, 0) is 44.2 Å². The van der Waals surface area contributed by atoms with Crippen molar-refractivity contribution in [3.63, 3.8) is 0 Å². The highest BCUT2D eigenvalue weighted by Gasteiger charge is 2.34. The van der Waals surface area contributed by atoms with E-state index in [1.54, 1.807) is 12.1 Å². The predicted molar refractivity (Wildman–Crippen MR) is 97.1 cm³/mol. The normalized spacial score (nSPS) is 25.5. The molecule has 1 aliphatic carbocycles. The van der Waals surface area contributed by atoms with Gasteiger partial charge in [-0.2, -0.15) is 0 Å². The van der Waals surface area contributed by atoms with Crippen LogP contribution in [0.3, 0.4) is 0 Å². The number of carbonyl (C=O) groups excluding carboxylic acids is 1. The zero-order valence-corrected chi connectivity index (χ0v) is 14.7. The molecule has 2 N–H and O–H groups in total. The molecule has 1 amide bonds. The topological polar surface area (TPSA) is 84.9 Å². The number of rotatable bonds is 6. The van der Waals surface area contributed by atoms with Crippen LogP contribution in [0.4, 0.5) is 5.69 Å². The Balaban J connectivity index is 1.64. The Morgan fingerprint density at radius 3 is 2.65 bits per heavy atom. The zero-order valence-electron chi connectivity index (χ0n) is 14.7. The summed E-state index contributed by atoms with van der Waals surface area (Å²) >= 11 is 0. The van der Waals surface area contributed by atoms with Gasteiger partial charge in [0.25, 0.3) is 0 Å². The van der Waals surface area contributed by atoms with E-state index in [0.717, 1.165) is 25.9 Å². The Hall–Kier alpha value is -2.34. The van der Waals surface area contributed by atoms with Crippen LogP contribution in [-0.4, -0.2) is 36.3 Å². The first-order valence-corrected chi connectivity index (χ1v) is 9.17. The second-order valence-electron chi connectivity index (χ2n) is 6.78. The number of aliphatic carboxylic acids is 1. The van der Waals surface area contributed by atoms with Crippen LogP contribution in [0.1, 0.15) is 32.1 Å². The first kappa shape index (κ1) is 18.5. The SMILES string of the molecule is O=C(O)[C@@H]1CC=CC[C@H]1C(=O)Nc1ccccc1OC[C@H]1CCCCO1. The van der Waals surface area contributed by atoms with E-state index >= 15 is 0 Å². The number of carboxylic acids is 1. The molecule has 6 heteroatoms. The van der Waals surface area contributed by atoms with E-state index in [1.165, 1.54) is 0 Å². The molecule has 0 unspecified atom stereocenters. The zero-order chi connectivity index (χ0) is 18.4. The highest BCUT2D eigenvalue weighted by atomic mass is 16.5. The number of nitrogens with one attached hydrogen (secondary N) is 1. The van der Waals surface area contributed by atoms with Crippen LogP contribution in [0, 0.1) is 11.8 Å². The Bertz CT molecular complexity index is 666. The molecule has 0 saturated carbocycles. The van der Waals surface area contributed by atoms with E-state index in [9.17, 15) is 14.7 Å². The lowest BCUT2D eigenvalue weighted by Gasteiger charge is -2.25. The van der Waals surface area contributed by atoms with Crippen LogP contribution in [0.15, 0.2) is 36.4 Å². The standard InChI is InChI=1S/C20H25NO5/c22-19(15-8-1-2-9-16(15)20(23)24)21-17-10-3-4-11-18(17)26-13-14-7-5-6-12-25-14/h1-4,10-11,14-16H,5-9,12-13H2,(H,21,22)(H,23,24)/t14-,15-,16-/m1/s1. The Kier molecular flexibility index (Phi) is 6.28. The van der Waals surface area contributed by atoms with Crippen molar-refractivity contribution in [2.24, 2.45) is 11.8 Å². The average Bonchev–Trinajstić information content (AvgIpc) is 2.68. The van der Waals surface area contributed by atoms with Gasteiger partial charge in [-0.1, -0.05) is 24.3 Å². The smallest absolute Gasteiger partial charge is 0.307 e. The first-order chi connectivity index (χ1) is 12.6. The number of allylic oxidation sites excluding steroid dienone is 2. The molecule has 0 bridgehead atoms. The third-order valence-corrected chi connectivity index (χ3v) is 4.93. The molecule has 140 valence electrons. The minimum absolute atomic E-state index is 0.0763. The third kappa shape index (κ3) is 4.64. The lowest BCUT2D eigenvalue weighted by atomic mass is 9.82. The van der Waals surface area contributed by atoms with E-state index in [0.29, 0.717) is 30.9 Å². The number of anilines is 1. The molecule has 0 aromatic heterocycles. The van der Waals surface area contributed by atoms with Crippen LogP contribution >= 0.6 is 0 Å². The molecule has 1 heterocycles. The molecular formula is C20H25NO5. The largest absolute Gasteiger partial charge is 0.489 e. The maximum Gasteiger partial charge on any atom is 0.307 e. The molecule has 1 saturated heterocycles. The van der Waals surface area contributed by atoms with Crippen molar-refractivity contribution in [1.29, 1.82) is 0 Å². The predicted octanol–water partition coefficient (Wildman–Crippen LogP) is 3.24. The number of carbonyl (C=O) groups is 2. The lowest BCUT2D eigenvalue weighted by Crippen LogP contribution is -2.34. The lowest BCUT2D eigenvalue weighted by molar-refractivity contribution is -0.146. The van der Waals surface area contributed by atoms with Crippen LogP contribution in [0.2, 0.25) is 0 Å². The van der Waals surface area contributed by atoms with Gasteiger partial charge in [0.2, 0.25) is 5.91 Å². The van der Waals surface area contributed by atoms with E-state index in [-0.39, 0.29) is 12.0 Å². The summed E-state index contributed by atoms with van der Waals surface area (Å²) in [6, 6.07) is 7.22. The molecule has 0 radical (unpaired) electrons. The van der Waals surface area contributed by atoms with Gasteiger partial charge in [0.15, 0.2) is 0 Å². The minimum Gasteiger partial charge on any atom is -0.489 e. The Labute approximate surface area is 153 Å². The van der Waals surface area contributed by atoms with Gasteiger partial charge in [0.05, 0.1) is 23.6 Å². The monoisotopic (exact) mass is 359 g/mol. The van der Waals surface area contributed by atoms with Gasteiger partial charge in [0, 0.05) is 6.61 Å². The molecule has 0 spiro atoms. The van der Waals surface area contributed by atoms with Crippen LogP contribution in [0.25, 0.3) is 0 Å². The molecule has 1 aliphatic heterocycles. The highest BCUT2D eigenvalue weighted by Crippen LogP contribution is 2.30. The van der Waals surface area contributed by atoms with E-state index < -0.39 is 17.8 Å². The molecule has 2 aliphatic rings. The van der Waals surface area contributed by atoms with E-state index in [2.05, 4.69) is 5.32 Å². The average molecular weight is 359 g/mol. The number of para-hydroxylation sites is 2.